The first-order valence-electron chi connectivity index (χ1n) is 8.45. The number of aryl methyl sites for hydroxylation is 2. The van der Waals surface area contributed by atoms with Gasteiger partial charge in [-0.15, -0.1) is 0 Å². The number of pyridine rings is 1. The summed E-state index contributed by atoms with van der Waals surface area (Å²) >= 11 is 0. The molecule has 0 amide bonds. The Hall–Kier alpha value is -2.74. The van der Waals surface area contributed by atoms with Crippen LogP contribution in [0.2, 0.25) is 0 Å². The number of nitrogens with one attached hydrogen (secondary N) is 1. The van der Waals surface area contributed by atoms with Crippen LogP contribution in [0.25, 0.3) is 0 Å². The Morgan fingerprint density at radius 3 is 2.64 bits per heavy atom. The highest BCUT2D eigenvalue weighted by molar-refractivity contribution is 5.61. The molecule has 132 valence electrons. The lowest BCUT2D eigenvalue weighted by atomic mass is 10.1. The molecule has 1 aromatic carbocycles. The lowest BCUT2D eigenvalue weighted by Gasteiger charge is -2.19. The van der Waals surface area contributed by atoms with Crippen molar-refractivity contribution in [1.82, 2.24) is 4.98 Å². The molecular formula is C20H25N3O2. The number of methoxy groups -OCH3 is 1. The van der Waals surface area contributed by atoms with E-state index in [0.29, 0.717) is 17.9 Å². The van der Waals surface area contributed by atoms with E-state index >= 15 is 0 Å². The van der Waals surface area contributed by atoms with Crippen molar-refractivity contribution in [3.8, 4) is 17.6 Å². The number of anilines is 1. The zero-order valence-corrected chi connectivity index (χ0v) is 15.5. The highest BCUT2D eigenvalue weighted by Crippen LogP contribution is 2.32. The van der Waals surface area contributed by atoms with Crippen LogP contribution in [0.3, 0.4) is 0 Å². The first kappa shape index (κ1) is 18.6. The van der Waals surface area contributed by atoms with E-state index in [2.05, 4.69) is 23.3 Å². The molecule has 2 rings (SSSR count). The zero-order chi connectivity index (χ0) is 18.4. The van der Waals surface area contributed by atoms with Gasteiger partial charge >= 0.3 is 0 Å². The van der Waals surface area contributed by atoms with Gasteiger partial charge in [0.2, 0.25) is 0 Å². The first-order chi connectivity index (χ1) is 12.0. The van der Waals surface area contributed by atoms with Gasteiger partial charge < -0.3 is 14.8 Å². The highest BCUT2D eigenvalue weighted by Gasteiger charge is 2.14. The topological polar surface area (TPSA) is 67.2 Å². The van der Waals surface area contributed by atoms with Crippen molar-refractivity contribution < 1.29 is 9.47 Å². The predicted molar refractivity (Wildman–Crippen MR) is 99.2 cm³/mol. The van der Waals surface area contributed by atoms with E-state index < -0.39 is 0 Å². The van der Waals surface area contributed by atoms with Gasteiger partial charge in [-0.2, -0.15) is 5.26 Å². The fourth-order valence-electron chi connectivity index (χ4n) is 2.68. The van der Waals surface area contributed by atoms with Crippen molar-refractivity contribution in [2.75, 3.05) is 19.0 Å². The molecule has 0 fully saturated rings. The molecule has 25 heavy (non-hydrogen) atoms. The van der Waals surface area contributed by atoms with Gasteiger partial charge in [-0.25, -0.2) is 0 Å². The van der Waals surface area contributed by atoms with Crippen molar-refractivity contribution in [2.45, 2.75) is 40.2 Å². The molecule has 1 heterocycles. The van der Waals surface area contributed by atoms with E-state index in [0.717, 1.165) is 34.8 Å². The van der Waals surface area contributed by atoms with E-state index in [-0.39, 0.29) is 6.04 Å². The van der Waals surface area contributed by atoms with Crippen LogP contribution >= 0.6 is 0 Å². The van der Waals surface area contributed by atoms with Crippen molar-refractivity contribution in [1.29, 1.82) is 5.26 Å². The largest absolute Gasteiger partial charge is 0.493 e. The van der Waals surface area contributed by atoms with E-state index in [9.17, 15) is 5.26 Å². The summed E-state index contributed by atoms with van der Waals surface area (Å²) in [7, 11) is 1.64. The third kappa shape index (κ3) is 4.42. The van der Waals surface area contributed by atoms with Gasteiger partial charge in [-0.1, -0.05) is 13.0 Å². The Balaban J connectivity index is 2.27. The Kier molecular flexibility index (Phi) is 6.24. The fourth-order valence-corrected chi connectivity index (χ4v) is 2.68. The second kappa shape index (κ2) is 8.39. The summed E-state index contributed by atoms with van der Waals surface area (Å²) in [4.78, 5) is 4.35. The molecule has 5 nitrogen and oxygen atoms in total. The quantitative estimate of drug-likeness (QED) is 0.802. The fraction of sp³-hybridized carbons (Fsp3) is 0.400. The van der Waals surface area contributed by atoms with Gasteiger partial charge in [0.15, 0.2) is 11.5 Å². The minimum absolute atomic E-state index is 0.00225. The molecule has 2 aromatic rings. The van der Waals surface area contributed by atoms with Crippen LogP contribution in [0, 0.1) is 25.2 Å². The standard InChI is InChI=1S/C20H25N3O2/c1-6-9-25-19-8-7-16(11-20(19)24-5)14(3)23-18-10-13(2)22-15(4)17(18)12-21/h7-8,10-11,14H,6,9H2,1-5H3,(H,22,23). The summed E-state index contributed by atoms with van der Waals surface area (Å²) in [6.45, 7) is 8.55. The minimum Gasteiger partial charge on any atom is -0.493 e. The molecule has 0 bridgehead atoms. The van der Waals surface area contributed by atoms with Gasteiger partial charge in [-0.05, 0) is 51.0 Å². The van der Waals surface area contributed by atoms with Gasteiger partial charge in [0.1, 0.15) is 6.07 Å². The molecule has 0 aliphatic carbocycles. The van der Waals surface area contributed by atoms with Crippen molar-refractivity contribution >= 4 is 5.69 Å². The molecule has 0 aliphatic rings. The van der Waals surface area contributed by atoms with Crippen LogP contribution in [0.5, 0.6) is 11.5 Å². The van der Waals surface area contributed by atoms with Gasteiger partial charge in [0, 0.05) is 11.7 Å². The molecule has 0 radical (unpaired) electrons. The van der Waals surface area contributed by atoms with E-state index in [1.165, 1.54) is 0 Å². The van der Waals surface area contributed by atoms with Crippen molar-refractivity contribution in [2.24, 2.45) is 0 Å². The van der Waals surface area contributed by atoms with Crippen LogP contribution < -0.4 is 14.8 Å². The van der Waals surface area contributed by atoms with Crippen molar-refractivity contribution in [3.63, 3.8) is 0 Å². The van der Waals surface area contributed by atoms with Crippen molar-refractivity contribution in [3.05, 3.63) is 46.8 Å². The van der Waals surface area contributed by atoms with E-state index in [1.807, 2.05) is 45.0 Å². The molecule has 0 saturated heterocycles. The number of hydrogen-bond acceptors (Lipinski definition) is 5. The van der Waals surface area contributed by atoms with Crippen LogP contribution in [0.4, 0.5) is 5.69 Å². The summed E-state index contributed by atoms with van der Waals surface area (Å²) in [5.74, 6) is 1.45. The maximum atomic E-state index is 9.41. The number of nitrogens with zero attached hydrogens (tertiary/aromatic N) is 2. The molecule has 0 aliphatic heterocycles. The number of rotatable bonds is 7. The molecule has 0 spiro atoms. The average Bonchev–Trinajstić information content (AvgIpc) is 2.59. The molecule has 0 saturated carbocycles. The highest BCUT2D eigenvalue weighted by atomic mass is 16.5. The van der Waals surface area contributed by atoms with Crippen LogP contribution in [-0.4, -0.2) is 18.7 Å². The summed E-state index contributed by atoms with van der Waals surface area (Å²) in [5, 5.41) is 12.8. The van der Waals surface area contributed by atoms with E-state index in [4.69, 9.17) is 9.47 Å². The lowest BCUT2D eigenvalue weighted by molar-refractivity contribution is 0.294. The first-order valence-corrected chi connectivity index (χ1v) is 8.45. The van der Waals surface area contributed by atoms with Crippen LogP contribution in [-0.2, 0) is 0 Å². The summed E-state index contributed by atoms with van der Waals surface area (Å²) < 4.78 is 11.2. The maximum absolute atomic E-state index is 9.41. The minimum atomic E-state index is 0.00225. The number of benzene rings is 1. The number of nitriles is 1. The Morgan fingerprint density at radius 1 is 1.24 bits per heavy atom. The SMILES string of the molecule is CCCOc1ccc(C(C)Nc2cc(C)nc(C)c2C#N)cc1OC. The normalized spacial score (nSPS) is 11.5. The maximum Gasteiger partial charge on any atom is 0.161 e. The average molecular weight is 339 g/mol. The Labute approximate surface area is 149 Å². The number of ether oxygens (including phenoxy) is 2. The third-order valence-electron chi connectivity index (χ3n) is 3.96. The van der Waals surface area contributed by atoms with Gasteiger partial charge in [0.25, 0.3) is 0 Å². The van der Waals surface area contributed by atoms with Gasteiger partial charge in [0.05, 0.1) is 30.7 Å². The molecular weight excluding hydrogens is 314 g/mol. The molecule has 1 atom stereocenters. The number of hydrogen-bond donors (Lipinski definition) is 1. The zero-order valence-electron chi connectivity index (χ0n) is 15.5. The molecule has 5 heteroatoms. The molecule has 1 N–H and O–H groups in total. The summed E-state index contributed by atoms with van der Waals surface area (Å²) in [6, 6.07) is 10.0. The monoisotopic (exact) mass is 339 g/mol. The lowest BCUT2D eigenvalue weighted by Crippen LogP contribution is -2.10. The van der Waals surface area contributed by atoms with Gasteiger partial charge in [-0.3, -0.25) is 4.98 Å². The second-order valence-corrected chi connectivity index (χ2v) is 6.01. The predicted octanol–water partition coefficient (Wildman–Crippen LogP) is 4.54. The smallest absolute Gasteiger partial charge is 0.161 e. The third-order valence-corrected chi connectivity index (χ3v) is 3.96. The Bertz CT molecular complexity index is 781. The van der Waals surface area contributed by atoms with E-state index in [1.54, 1.807) is 7.11 Å². The second-order valence-electron chi connectivity index (χ2n) is 6.01. The summed E-state index contributed by atoms with van der Waals surface area (Å²) in [6.07, 6.45) is 0.945. The number of aromatic nitrogens is 1. The van der Waals surface area contributed by atoms with Crippen LogP contribution in [0.1, 0.15) is 48.8 Å². The van der Waals surface area contributed by atoms with Crippen LogP contribution in [0.15, 0.2) is 24.3 Å². The Morgan fingerprint density at radius 2 is 2.00 bits per heavy atom. The summed E-state index contributed by atoms with van der Waals surface area (Å²) in [5.41, 5.74) is 4.04. The molecule has 1 aromatic heterocycles. The molecule has 1 unspecified atom stereocenters.